The van der Waals surface area contributed by atoms with Gasteiger partial charge in [0.1, 0.15) is 0 Å². The summed E-state index contributed by atoms with van der Waals surface area (Å²) in [5.74, 6) is 0.0345. The van der Waals surface area contributed by atoms with Crippen LogP contribution in [0.5, 0.6) is 0 Å². The Morgan fingerprint density at radius 3 is 2.92 bits per heavy atom. The maximum absolute atomic E-state index is 12.8. The molecule has 2 N–H and O–H groups in total. The van der Waals surface area contributed by atoms with E-state index < -0.39 is 0 Å². The number of anilines is 2. The summed E-state index contributed by atoms with van der Waals surface area (Å²) in [5.41, 5.74) is 4.87. The van der Waals surface area contributed by atoms with Gasteiger partial charge in [-0.3, -0.25) is 4.79 Å². The molecule has 1 unspecified atom stereocenters. The minimum Gasteiger partial charge on any atom is -0.371 e. The lowest BCUT2D eigenvalue weighted by Crippen LogP contribution is -2.40. The van der Waals surface area contributed by atoms with Crippen LogP contribution >= 0.6 is 11.3 Å². The van der Waals surface area contributed by atoms with Crippen molar-refractivity contribution in [1.29, 1.82) is 0 Å². The van der Waals surface area contributed by atoms with Crippen LogP contribution in [0.1, 0.15) is 44.7 Å². The first-order chi connectivity index (χ1) is 12.8. The largest absolute Gasteiger partial charge is 0.371 e. The van der Waals surface area contributed by atoms with Gasteiger partial charge >= 0.3 is 0 Å². The zero-order valence-corrected chi connectivity index (χ0v) is 16.2. The molecular formula is C20H28N4OS. The Morgan fingerprint density at radius 1 is 1.35 bits per heavy atom. The van der Waals surface area contributed by atoms with Crippen molar-refractivity contribution in [2.75, 3.05) is 23.3 Å². The van der Waals surface area contributed by atoms with Gasteiger partial charge in [0.15, 0.2) is 0 Å². The molecule has 140 valence electrons. The average molecular weight is 373 g/mol. The molecule has 6 heteroatoms. The molecule has 0 saturated carbocycles. The van der Waals surface area contributed by atoms with Gasteiger partial charge in [0, 0.05) is 36.4 Å². The second-order valence-electron chi connectivity index (χ2n) is 6.79. The third kappa shape index (κ3) is 5.29. The summed E-state index contributed by atoms with van der Waals surface area (Å²) in [6.07, 6.45) is 5.42. The van der Waals surface area contributed by atoms with Crippen molar-refractivity contribution >= 4 is 28.6 Å². The Bertz CT molecular complexity index is 683. The van der Waals surface area contributed by atoms with Gasteiger partial charge in [-0.2, -0.15) is 0 Å². The first-order valence-electron chi connectivity index (χ1n) is 9.52. The van der Waals surface area contributed by atoms with Crippen molar-refractivity contribution < 1.29 is 4.79 Å². The van der Waals surface area contributed by atoms with Crippen LogP contribution in [0.15, 0.2) is 35.2 Å². The number of hydrogen-bond donors (Lipinski definition) is 2. The molecule has 2 aromatic rings. The highest BCUT2D eigenvalue weighted by Crippen LogP contribution is 2.23. The van der Waals surface area contributed by atoms with Crippen molar-refractivity contribution in [2.24, 2.45) is 0 Å². The highest BCUT2D eigenvalue weighted by molar-refractivity contribution is 7.07. The first kappa shape index (κ1) is 18.9. The molecule has 1 aromatic carbocycles. The van der Waals surface area contributed by atoms with E-state index in [-0.39, 0.29) is 11.9 Å². The summed E-state index contributed by atoms with van der Waals surface area (Å²) >= 11 is 1.58. The molecule has 1 aromatic heterocycles. The molecule has 0 aliphatic carbocycles. The molecule has 1 saturated heterocycles. The second-order valence-corrected chi connectivity index (χ2v) is 7.51. The minimum absolute atomic E-state index is 0.0345. The third-order valence-electron chi connectivity index (χ3n) is 4.76. The number of benzene rings is 1. The maximum atomic E-state index is 12.8. The predicted octanol–water partition coefficient (Wildman–Crippen LogP) is 4.03. The smallest absolute Gasteiger partial charge is 0.241 e. The first-order valence-corrected chi connectivity index (χ1v) is 10.5. The highest BCUT2D eigenvalue weighted by Gasteiger charge is 2.19. The van der Waals surface area contributed by atoms with E-state index in [1.54, 1.807) is 11.3 Å². The van der Waals surface area contributed by atoms with E-state index >= 15 is 0 Å². The highest BCUT2D eigenvalue weighted by atomic mass is 32.1. The number of carbonyl (C=O) groups is 1. The van der Waals surface area contributed by atoms with Gasteiger partial charge in [0.25, 0.3) is 0 Å². The Morgan fingerprint density at radius 2 is 2.19 bits per heavy atom. The maximum Gasteiger partial charge on any atom is 0.241 e. The van der Waals surface area contributed by atoms with Crippen molar-refractivity contribution in [2.45, 2.75) is 51.6 Å². The number of thiazole rings is 1. The van der Waals surface area contributed by atoms with E-state index in [1.807, 2.05) is 23.0 Å². The zero-order valence-electron chi connectivity index (χ0n) is 15.4. The van der Waals surface area contributed by atoms with Gasteiger partial charge in [-0.15, -0.1) is 11.3 Å². The number of amides is 1. The second kappa shape index (κ2) is 9.69. The fraction of sp³-hybridized carbons (Fsp3) is 0.500. The number of hydrogen-bond acceptors (Lipinski definition) is 5. The Hall–Kier alpha value is -1.92. The van der Waals surface area contributed by atoms with Gasteiger partial charge in [0.05, 0.1) is 17.2 Å². The molecule has 2 heterocycles. The monoisotopic (exact) mass is 372 g/mol. The van der Waals surface area contributed by atoms with Gasteiger partial charge in [-0.05, 0) is 37.5 Å². The molecule has 1 aliphatic heterocycles. The van der Waals surface area contributed by atoms with Gasteiger partial charge in [0.2, 0.25) is 5.91 Å². The number of unbranched alkanes of at least 4 members (excludes halogenated alkanes) is 1. The molecule has 26 heavy (non-hydrogen) atoms. The molecule has 1 atom stereocenters. The number of carbonyl (C=O) groups excluding carboxylic acids is 1. The van der Waals surface area contributed by atoms with Crippen LogP contribution in [-0.2, 0) is 11.3 Å². The summed E-state index contributed by atoms with van der Waals surface area (Å²) in [6, 6.07) is 7.99. The molecular weight excluding hydrogens is 344 g/mol. The zero-order chi connectivity index (χ0) is 18.2. The Balaban J connectivity index is 1.61. The van der Waals surface area contributed by atoms with E-state index in [2.05, 4.69) is 39.6 Å². The Labute approximate surface area is 159 Å². The van der Waals surface area contributed by atoms with Crippen LogP contribution in [0, 0.1) is 0 Å². The van der Waals surface area contributed by atoms with Crippen molar-refractivity contribution in [3.63, 3.8) is 0 Å². The van der Waals surface area contributed by atoms with Crippen LogP contribution in [0.25, 0.3) is 0 Å². The van der Waals surface area contributed by atoms with Crippen LogP contribution in [-0.4, -0.2) is 30.0 Å². The standard InChI is InChI=1S/C20H28N4OS/c1-2-3-9-19(21-13-17-14-26-15-22-17)20(25)23-16-7-6-8-18(12-16)24-10-4-5-11-24/h6-8,12,14-15,19,21H,2-5,9-11,13H2,1H3,(H,23,25). The number of aromatic nitrogens is 1. The summed E-state index contributed by atoms with van der Waals surface area (Å²) in [5, 5.41) is 8.48. The number of nitrogens with one attached hydrogen (secondary N) is 2. The van der Waals surface area contributed by atoms with E-state index in [4.69, 9.17) is 0 Å². The lowest BCUT2D eigenvalue weighted by molar-refractivity contribution is -0.118. The van der Waals surface area contributed by atoms with Gasteiger partial charge in [-0.1, -0.05) is 25.8 Å². The van der Waals surface area contributed by atoms with Crippen LogP contribution in [0.3, 0.4) is 0 Å². The van der Waals surface area contributed by atoms with Crippen LogP contribution in [0.4, 0.5) is 11.4 Å². The molecule has 3 rings (SSSR count). The summed E-state index contributed by atoms with van der Waals surface area (Å²) in [4.78, 5) is 19.5. The topological polar surface area (TPSA) is 57.3 Å². The van der Waals surface area contributed by atoms with E-state index in [9.17, 15) is 4.79 Å². The molecule has 1 amide bonds. The molecule has 0 bridgehead atoms. The summed E-state index contributed by atoms with van der Waals surface area (Å²) in [6.45, 7) is 4.98. The van der Waals surface area contributed by atoms with E-state index in [1.165, 1.54) is 18.5 Å². The SMILES string of the molecule is CCCCC(NCc1cscn1)C(=O)Nc1cccc(N2CCCC2)c1. The number of nitrogens with zero attached hydrogens (tertiary/aromatic N) is 2. The van der Waals surface area contributed by atoms with Gasteiger partial charge < -0.3 is 15.5 Å². The fourth-order valence-corrected chi connectivity index (χ4v) is 3.83. The minimum atomic E-state index is -0.202. The average Bonchev–Trinajstić information content (AvgIpc) is 3.36. The lowest BCUT2D eigenvalue weighted by atomic mass is 10.1. The van der Waals surface area contributed by atoms with Crippen LogP contribution < -0.4 is 15.5 Å². The lowest BCUT2D eigenvalue weighted by Gasteiger charge is -2.20. The quantitative estimate of drug-likeness (QED) is 0.698. The van der Waals surface area contributed by atoms with Crippen molar-refractivity contribution in [3.8, 4) is 0 Å². The number of rotatable bonds is 9. The summed E-state index contributed by atoms with van der Waals surface area (Å²) < 4.78 is 0. The van der Waals surface area contributed by atoms with E-state index in [0.717, 1.165) is 43.7 Å². The third-order valence-corrected chi connectivity index (χ3v) is 5.40. The summed E-state index contributed by atoms with van der Waals surface area (Å²) in [7, 11) is 0. The molecule has 0 radical (unpaired) electrons. The van der Waals surface area contributed by atoms with Crippen molar-refractivity contribution in [1.82, 2.24) is 10.3 Å². The molecule has 1 fully saturated rings. The van der Waals surface area contributed by atoms with E-state index in [0.29, 0.717) is 6.54 Å². The fourth-order valence-electron chi connectivity index (χ4n) is 3.27. The Kier molecular flexibility index (Phi) is 7.03. The molecule has 1 aliphatic rings. The van der Waals surface area contributed by atoms with Crippen LogP contribution in [0.2, 0.25) is 0 Å². The predicted molar refractivity (Wildman–Crippen MR) is 109 cm³/mol. The van der Waals surface area contributed by atoms with Gasteiger partial charge in [-0.25, -0.2) is 4.98 Å². The molecule has 5 nitrogen and oxygen atoms in total. The molecule has 0 spiro atoms. The van der Waals surface area contributed by atoms with Crippen molar-refractivity contribution in [3.05, 3.63) is 40.8 Å². The normalized spacial score (nSPS) is 15.2.